The van der Waals surface area contributed by atoms with E-state index in [1.165, 1.54) is 12.1 Å². The SMILES string of the molecule is Fc1ccc(Cn2nnc(C3CCNC3)n2)cc1. The van der Waals surface area contributed by atoms with Gasteiger partial charge in [-0.25, -0.2) is 4.39 Å². The molecule has 0 aliphatic carbocycles. The van der Waals surface area contributed by atoms with Crippen LogP contribution < -0.4 is 5.32 Å². The topological polar surface area (TPSA) is 55.6 Å². The predicted octanol–water partition coefficient (Wildman–Crippen LogP) is 0.937. The number of hydrogen-bond donors (Lipinski definition) is 1. The summed E-state index contributed by atoms with van der Waals surface area (Å²) >= 11 is 0. The molecule has 0 bridgehead atoms. The maximum atomic E-state index is 12.8. The van der Waals surface area contributed by atoms with Gasteiger partial charge in [-0.05, 0) is 35.9 Å². The van der Waals surface area contributed by atoms with Gasteiger partial charge in [-0.1, -0.05) is 12.1 Å². The zero-order valence-electron chi connectivity index (χ0n) is 9.88. The van der Waals surface area contributed by atoms with E-state index in [-0.39, 0.29) is 5.82 Å². The average Bonchev–Trinajstić information content (AvgIpc) is 3.02. The van der Waals surface area contributed by atoms with Crippen LogP contribution in [0.1, 0.15) is 23.7 Å². The summed E-state index contributed by atoms with van der Waals surface area (Å²) in [6.45, 7) is 2.45. The van der Waals surface area contributed by atoms with Crippen LogP contribution in [0.5, 0.6) is 0 Å². The van der Waals surface area contributed by atoms with Crippen LogP contribution in [0.2, 0.25) is 0 Å². The zero-order valence-corrected chi connectivity index (χ0v) is 9.88. The summed E-state index contributed by atoms with van der Waals surface area (Å²) in [5, 5.41) is 15.8. The first-order valence-electron chi connectivity index (χ1n) is 6.04. The molecule has 1 aromatic heterocycles. The van der Waals surface area contributed by atoms with Gasteiger partial charge in [-0.15, -0.1) is 10.2 Å². The molecule has 18 heavy (non-hydrogen) atoms. The van der Waals surface area contributed by atoms with Crippen LogP contribution in [0.4, 0.5) is 4.39 Å². The van der Waals surface area contributed by atoms with E-state index in [1.807, 2.05) is 0 Å². The van der Waals surface area contributed by atoms with Crippen LogP contribution in [0.3, 0.4) is 0 Å². The van der Waals surface area contributed by atoms with Gasteiger partial charge < -0.3 is 5.32 Å². The molecular formula is C12H14FN5. The average molecular weight is 247 g/mol. The van der Waals surface area contributed by atoms with Crippen LogP contribution in [0.25, 0.3) is 0 Å². The lowest BCUT2D eigenvalue weighted by Crippen LogP contribution is -2.09. The number of nitrogens with zero attached hydrogens (tertiary/aromatic N) is 4. The molecule has 1 saturated heterocycles. The van der Waals surface area contributed by atoms with Crippen LogP contribution in [-0.2, 0) is 6.54 Å². The molecule has 2 aromatic rings. The largest absolute Gasteiger partial charge is 0.316 e. The standard InChI is InChI=1S/C12H14FN5/c13-11-3-1-9(2-4-11)8-18-16-12(15-17-18)10-5-6-14-7-10/h1-4,10,14H,5-8H2. The number of nitrogens with one attached hydrogen (secondary N) is 1. The summed E-state index contributed by atoms with van der Waals surface area (Å²) in [7, 11) is 0. The fourth-order valence-corrected chi connectivity index (χ4v) is 2.11. The Kier molecular flexibility index (Phi) is 3.02. The second-order valence-corrected chi connectivity index (χ2v) is 4.49. The van der Waals surface area contributed by atoms with Crippen molar-refractivity contribution in [3.8, 4) is 0 Å². The Bertz CT molecular complexity index is 516. The number of rotatable bonds is 3. The van der Waals surface area contributed by atoms with E-state index in [1.54, 1.807) is 16.9 Å². The Morgan fingerprint density at radius 2 is 2.17 bits per heavy atom. The van der Waals surface area contributed by atoms with Gasteiger partial charge in [0.15, 0.2) is 5.82 Å². The third kappa shape index (κ3) is 2.38. The first-order chi connectivity index (χ1) is 8.81. The van der Waals surface area contributed by atoms with E-state index in [0.29, 0.717) is 12.5 Å². The number of tetrazole rings is 1. The highest BCUT2D eigenvalue weighted by molar-refractivity contribution is 5.15. The second-order valence-electron chi connectivity index (χ2n) is 4.49. The number of halogens is 1. The van der Waals surface area contributed by atoms with Gasteiger partial charge in [0.05, 0.1) is 6.54 Å². The summed E-state index contributed by atoms with van der Waals surface area (Å²) < 4.78 is 12.8. The van der Waals surface area contributed by atoms with Gasteiger partial charge in [0.1, 0.15) is 5.82 Å². The molecule has 0 spiro atoms. The molecular weight excluding hydrogens is 233 g/mol. The van der Waals surface area contributed by atoms with Crippen LogP contribution in [0, 0.1) is 5.82 Å². The highest BCUT2D eigenvalue weighted by Gasteiger charge is 2.21. The third-order valence-corrected chi connectivity index (χ3v) is 3.13. The molecule has 1 N–H and O–H groups in total. The molecule has 0 amide bonds. The molecule has 6 heteroatoms. The van der Waals surface area contributed by atoms with Crippen molar-refractivity contribution in [1.29, 1.82) is 0 Å². The van der Waals surface area contributed by atoms with E-state index in [2.05, 4.69) is 20.7 Å². The number of aromatic nitrogens is 4. The van der Waals surface area contributed by atoms with Gasteiger partial charge >= 0.3 is 0 Å². The Morgan fingerprint density at radius 3 is 2.89 bits per heavy atom. The summed E-state index contributed by atoms with van der Waals surface area (Å²) in [6, 6.07) is 6.34. The highest BCUT2D eigenvalue weighted by Crippen LogP contribution is 2.17. The lowest BCUT2D eigenvalue weighted by molar-refractivity contribution is 0.565. The van der Waals surface area contributed by atoms with Gasteiger partial charge in [-0.2, -0.15) is 4.80 Å². The minimum absolute atomic E-state index is 0.233. The summed E-state index contributed by atoms with van der Waals surface area (Å²) in [5.74, 6) is 0.928. The van der Waals surface area contributed by atoms with Gasteiger partial charge in [0.2, 0.25) is 0 Å². The summed E-state index contributed by atoms with van der Waals surface area (Å²) in [5.41, 5.74) is 0.963. The molecule has 0 radical (unpaired) electrons. The lowest BCUT2D eigenvalue weighted by atomic mass is 10.1. The maximum absolute atomic E-state index is 12.8. The fourth-order valence-electron chi connectivity index (χ4n) is 2.11. The fraction of sp³-hybridized carbons (Fsp3) is 0.417. The van der Waals surface area contributed by atoms with Crippen molar-refractivity contribution >= 4 is 0 Å². The third-order valence-electron chi connectivity index (χ3n) is 3.13. The van der Waals surface area contributed by atoms with Crippen LogP contribution in [0.15, 0.2) is 24.3 Å². The van der Waals surface area contributed by atoms with Crippen molar-refractivity contribution in [3.63, 3.8) is 0 Å². The van der Waals surface area contributed by atoms with E-state index >= 15 is 0 Å². The second kappa shape index (κ2) is 4.81. The molecule has 5 nitrogen and oxygen atoms in total. The van der Waals surface area contributed by atoms with Crippen molar-refractivity contribution in [2.45, 2.75) is 18.9 Å². The normalized spacial score (nSPS) is 19.3. The van der Waals surface area contributed by atoms with E-state index in [0.717, 1.165) is 30.9 Å². The molecule has 1 fully saturated rings. The first-order valence-corrected chi connectivity index (χ1v) is 6.04. The first kappa shape index (κ1) is 11.3. The summed E-state index contributed by atoms with van der Waals surface area (Å²) in [6.07, 6.45) is 1.06. The Morgan fingerprint density at radius 1 is 1.33 bits per heavy atom. The van der Waals surface area contributed by atoms with Crippen LogP contribution >= 0.6 is 0 Å². The van der Waals surface area contributed by atoms with E-state index in [4.69, 9.17) is 0 Å². The van der Waals surface area contributed by atoms with Crippen molar-refractivity contribution in [2.24, 2.45) is 0 Å². The molecule has 94 valence electrons. The predicted molar refractivity (Wildman–Crippen MR) is 63.5 cm³/mol. The van der Waals surface area contributed by atoms with E-state index < -0.39 is 0 Å². The Hall–Kier alpha value is -1.82. The molecule has 1 aliphatic rings. The minimum Gasteiger partial charge on any atom is -0.316 e. The van der Waals surface area contributed by atoms with Crippen molar-refractivity contribution < 1.29 is 4.39 Å². The Labute approximate surface area is 104 Å². The lowest BCUT2D eigenvalue weighted by Gasteiger charge is -2.01. The quantitative estimate of drug-likeness (QED) is 0.877. The molecule has 2 heterocycles. The van der Waals surface area contributed by atoms with Crippen molar-refractivity contribution in [3.05, 3.63) is 41.5 Å². The highest BCUT2D eigenvalue weighted by atomic mass is 19.1. The smallest absolute Gasteiger partial charge is 0.179 e. The van der Waals surface area contributed by atoms with Gasteiger partial charge in [-0.3, -0.25) is 0 Å². The maximum Gasteiger partial charge on any atom is 0.179 e. The molecule has 1 atom stereocenters. The van der Waals surface area contributed by atoms with E-state index in [9.17, 15) is 4.39 Å². The van der Waals surface area contributed by atoms with Crippen molar-refractivity contribution in [1.82, 2.24) is 25.5 Å². The zero-order chi connectivity index (χ0) is 12.4. The molecule has 1 unspecified atom stereocenters. The van der Waals surface area contributed by atoms with Gasteiger partial charge in [0, 0.05) is 12.5 Å². The molecule has 1 aromatic carbocycles. The molecule has 3 rings (SSSR count). The minimum atomic E-state index is -0.233. The number of benzene rings is 1. The molecule has 0 saturated carbocycles. The number of hydrogen-bond acceptors (Lipinski definition) is 4. The monoisotopic (exact) mass is 247 g/mol. The van der Waals surface area contributed by atoms with Crippen LogP contribution in [-0.4, -0.2) is 33.3 Å². The Balaban J connectivity index is 1.71. The summed E-state index contributed by atoms with van der Waals surface area (Å²) in [4.78, 5) is 1.56. The van der Waals surface area contributed by atoms with Gasteiger partial charge in [0.25, 0.3) is 0 Å². The molecule has 1 aliphatic heterocycles. The van der Waals surface area contributed by atoms with Crippen molar-refractivity contribution in [2.75, 3.05) is 13.1 Å².